The summed E-state index contributed by atoms with van der Waals surface area (Å²) >= 11 is 6.27. The first-order chi connectivity index (χ1) is 18.0. The van der Waals surface area contributed by atoms with Crippen molar-refractivity contribution in [2.45, 2.75) is 13.8 Å². The van der Waals surface area contributed by atoms with Crippen LogP contribution in [0.25, 0.3) is 6.08 Å². The van der Waals surface area contributed by atoms with Gasteiger partial charge in [0, 0.05) is 36.0 Å². The van der Waals surface area contributed by atoms with Crippen LogP contribution in [0.4, 0.5) is 5.69 Å². The highest BCUT2D eigenvalue weighted by molar-refractivity contribution is 6.33. The Bertz CT molecular complexity index is 1320. The van der Waals surface area contributed by atoms with Gasteiger partial charge in [-0.3, -0.25) is 9.59 Å². The third-order valence-corrected chi connectivity index (χ3v) is 6.05. The Morgan fingerprint density at radius 3 is 2.35 bits per heavy atom. The molecular weight excluding hydrogens is 492 g/mol. The number of nitrogens with one attached hydrogen (secondary N) is 2. The summed E-state index contributed by atoms with van der Waals surface area (Å²) in [4.78, 5) is 28.1. The minimum atomic E-state index is -0.592. The van der Waals surface area contributed by atoms with Crippen molar-refractivity contribution in [3.8, 4) is 11.5 Å². The van der Waals surface area contributed by atoms with Crippen LogP contribution in [-0.2, 0) is 4.79 Å². The summed E-state index contributed by atoms with van der Waals surface area (Å²) < 4.78 is 10.7. The second kappa shape index (κ2) is 12.1. The second-order valence-electron chi connectivity index (χ2n) is 8.07. The number of carbonyl (C=O) groups excluding carboxylic acids is 2. The van der Waals surface area contributed by atoms with E-state index in [9.17, 15) is 9.59 Å². The molecule has 2 N–H and O–H groups in total. The van der Waals surface area contributed by atoms with Gasteiger partial charge in [0.1, 0.15) is 5.70 Å². The fourth-order valence-electron chi connectivity index (χ4n) is 3.73. The van der Waals surface area contributed by atoms with Gasteiger partial charge in [-0.1, -0.05) is 41.9 Å². The quantitative estimate of drug-likeness (QED) is 0.240. The highest BCUT2D eigenvalue weighted by Crippen LogP contribution is 2.36. The molecule has 190 valence electrons. The SMILES string of the molecule is CCN(CC)c1ccc(/C=C(/NC(=O)c2ccccc2)C(=O)N/N=C/c2cc3c(cc2Cl)OCO3)cc1. The van der Waals surface area contributed by atoms with E-state index in [1.807, 2.05) is 30.3 Å². The number of nitrogens with zero attached hydrogens (tertiary/aromatic N) is 2. The number of rotatable bonds is 9. The van der Waals surface area contributed by atoms with Crippen LogP contribution < -0.4 is 25.1 Å². The lowest BCUT2D eigenvalue weighted by Gasteiger charge is -2.20. The predicted octanol–water partition coefficient (Wildman–Crippen LogP) is 4.84. The van der Waals surface area contributed by atoms with Crippen LogP contribution in [0.2, 0.25) is 5.02 Å². The average Bonchev–Trinajstić information content (AvgIpc) is 3.37. The zero-order chi connectivity index (χ0) is 26.2. The molecule has 9 heteroatoms. The second-order valence-corrected chi connectivity index (χ2v) is 8.48. The molecule has 1 aliphatic rings. The molecule has 0 radical (unpaired) electrons. The van der Waals surface area contributed by atoms with Crippen molar-refractivity contribution in [3.05, 3.63) is 94.1 Å². The molecule has 0 atom stereocenters. The minimum absolute atomic E-state index is 0.0402. The van der Waals surface area contributed by atoms with Crippen molar-refractivity contribution in [1.82, 2.24) is 10.7 Å². The van der Waals surface area contributed by atoms with Gasteiger partial charge in [-0.15, -0.1) is 0 Å². The summed E-state index contributed by atoms with van der Waals surface area (Å²) in [5, 5.41) is 7.12. The third kappa shape index (κ3) is 6.48. The topological polar surface area (TPSA) is 92.3 Å². The molecule has 3 aromatic rings. The van der Waals surface area contributed by atoms with Crippen molar-refractivity contribution in [2.75, 3.05) is 24.8 Å². The molecule has 0 aliphatic carbocycles. The fourth-order valence-corrected chi connectivity index (χ4v) is 3.93. The maximum atomic E-state index is 13.1. The van der Waals surface area contributed by atoms with Gasteiger partial charge in [-0.2, -0.15) is 5.10 Å². The average molecular weight is 519 g/mol. The van der Waals surface area contributed by atoms with Gasteiger partial charge >= 0.3 is 0 Å². The predicted molar refractivity (Wildman–Crippen MR) is 145 cm³/mol. The molecule has 1 heterocycles. The highest BCUT2D eigenvalue weighted by atomic mass is 35.5. The molecule has 0 aromatic heterocycles. The van der Waals surface area contributed by atoms with Crippen LogP contribution in [0.5, 0.6) is 11.5 Å². The van der Waals surface area contributed by atoms with E-state index in [1.165, 1.54) is 6.21 Å². The zero-order valence-electron chi connectivity index (χ0n) is 20.5. The summed E-state index contributed by atoms with van der Waals surface area (Å²) in [6.45, 7) is 6.08. The number of fused-ring (bicyclic) bond motifs is 1. The molecule has 3 aromatic carbocycles. The van der Waals surface area contributed by atoms with Gasteiger partial charge in [0.05, 0.1) is 11.2 Å². The van der Waals surface area contributed by atoms with Crippen LogP contribution in [-0.4, -0.2) is 37.9 Å². The molecule has 37 heavy (non-hydrogen) atoms. The normalized spacial score (nSPS) is 12.5. The summed E-state index contributed by atoms with van der Waals surface area (Å²) in [7, 11) is 0. The van der Waals surface area contributed by atoms with E-state index in [1.54, 1.807) is 42.5 Å². The number of amides is 2. The van der Waals surface area contributed by atoms with Gasteiger partial charge < -0.3 is 19.7 Å². The van der Waals surface area contributed by atoms with Crippen molar-refractivity contribution < 1.29 is 19.1 Å². The molecule has 0 spiro atoms. The van der Waals surface area contributed by atoms with E-state index < -0.39 is 11.8 Å². The number of hydrogen-bond donors (Lipinski definition) is 2. The Labute approximate surface area is 220 Å². The maximum Gasteiger partial charge on any atom is 0.287 e. The largest absolute Gasteiger partial charge is 0.454 e. The number of hydrogen-bond acceptors (Lipinski definition) is 6. The first-order valence-electron chi connectivity index (χ1n) is 11.8. The van der Waals surface area contributed by atoms with Crippen molar-refractivity contribution >= 4 is 41.4 Å². The van der Waals surface area contributed by atoms with E-state index in [0.717, 1.165) is 24.3 Å². The smallest absolute Gasteiger partial charge is 0.287 e. The van der Waals surface area contributed by atoms with Crippen LogP contribution in [0.15, 0.2) is 77.5 Å². The van der Waals surface area contributed by atoms with E-state index in [4.69, 9.17) is 21.1 Å². The Morgan fingerprint density at radius 1 is 1.00 bits per heavy atom. The van der Waals surface area contributed by atoms with Gasteiger partial charge in [0.2, 0.25) is 6.79 Å². The molecule has 0 saturated carbocycles. The number of ether oxygens (including phenoxy) is 2. The number of halogens is 1. The summed E-state index contributed by atoms with van der Waals surface area (Å²) in [6.07, 6.45) is 3.00. The molecule has 4 rings (SSSR count). The monoisotopic (exact) mass is 518 g/mol. The van der Waals surface area contributed by atoms with Gasteiger partial charge in [0.25, 0.3) is 11.8 Å². The standard InChI is InChI=1S/C28H27ClN4O4/c1-3-33(4-2)22-12-10-19(11-13-22)14-24(31-27(34)20-8-6-5-7-9-20)28(35)32-30-17-21-15-25-26(16-23(21)29)37-18-36-25/h5-17H,3-4,18H2,1-2H3,(H,31,34)(H,32,35)/b24-14+,30-17+. The van der Waals surface area contributed by atoms with Crippen LogP contribution in [0, 0.1) is 0 Å². The first-order valence-corrected chi connectivity index (χ1v) is 12.2. The Morgan fingerprint density at radius 2 is 1.68 bits per heavy atom. The van der Waals surface area contributed by atoms with E-state index in [0.29, 0.717) is 27.6 Å². The van der Waals surface area contributed by atoms with Crippen molar-refractivity contribution in [2.24, 2.45) is 5.10 Å². The van der Waals surface area contributed by atoms with Crippen molar-refractivity contribution in [1.29, 1.82) is 0 Å². The van der Waals surface area contributed by atoms with Gasteiger partial charge in [-0.25, -0.2) is 5.43 Å². The van der Waals surface area contributed by atoms with Gasteiger partial charge in [-0.05, 0) is 55.8 Å². The molecule has 0 unspecified atom stereocenters. The fraction of sp³-hybridized carbons (Fsp3) is 0.179. The van der Waals surface area contributed by atoms with Crippen LogP contribution in [0.3, 0.4) is 0 Å². The van der Waals surface area contributed by atoms with E-state index >= 15 is 0 Å². The molecular formula is C28H27ClN4O4. The number of carbonyl (C=O) groups is 2. The van der Waals surface area contributed by atoms with Crippen molar-refractivity contribution in [3.63, 3.8) is 0 Å². The lowest BCUT2D eigenvalue weighted by atomic mass is 10.1. The minimum Gasteiger partial charge on any atom is -0.454 e. The van der Waals surface area contributed by atoms with E-state index in [2.05, 4.69) is 34.6 Å². The zero-order valence-corrected chi connectivity index (χ0v) is 21.3. The molecule has 0 saturated heterocycles. The maximum absolute atomic E-state index is 13.1. The Kier molecular flexibility index (Phi) is 8.43. The first kappa shape index (κ1) is 25.8. The molecule has 2 amide bonds. The Balaban J connectivity index is 1.54. The summed E-state index contributed by atoms with van der Waals surface area (Å²) in [5.74, 6) is 0.0860. The number of anilines is 1. The van der Waals surface area contributed by atoms with Crippen LogP contribution in [0.1, 0.15) is 35.3 Å². The molecule has 8 nitrogen and oxygen atoms in total. The lowest BCUT2D eigenvalue weighted by Crippen LogP contribution is -2.32. The third-order valence-electron chi connectivity index (χ3n) is 5.72. The summed E-state index contributed by atoms with van der Waals surface area (Å²) in [5.41, 5.74) is 5.29. The Hall–Kier alpha value is -4.30. The highest BCUT2D eigenvalue weighted by Gasteiger charge is 2.17. The van der Waals surface area contributed by atoms with Crippen LogP contribution >= 0.6 is 11.6 Å². The van der Waals surface area contributed by atoms with E-state index in [-0.39, 0.29) is 12.5 Å². The summed E-state index contributed by atoms with van der Waals surface area (Å²) in [6, 6.07) is 19.7. The number of benzene rings is 3. The van der Waals surface area contributed by atoms with Gasteiger partial charge in [0.15, 0.2) is 11.5 Å². The molecule has 1 aliphatic heterocycles. The molecule has 0 fully saturated rings. The number of hydrazone groups is 1. The molecule has 0 bridgehead atoms. The lowest BCUT2D eigenvalue weighted by molar-refractivity contribution is -0.117.